The van der Waals surface area contributed by atoms with Gasteiger partial charge in [0.2, 0.25) is 0 Å². The molecule has 4 nitrogen and oxygen atoms in total. The van der Waals surface area contributed by atoms with E-state index in [-0.39, 0.29) is 18.2 Å². The molecule has 2 rings (SSSR count). The zero-order valence-electron chi connectivity index (χ0n) is 11.4. The highest BCUT2D eigenvalue weighted by Gasteiger charge is 2.12. The third kappa shape index (κ3) is 4.37. The number of methoxy groups -OCH3 is 1. The van der Waals surface area contributed by atoms with Crippen LogP contribution < -0.4 is 15.2 Å². The molecule has 0 bridgehead atoms. The number of para-hydroxylation sites is 1. The molecule has 0 spiro atoms. The second-order valence-electron chi connectivity index (χ2n) is 4.17. The van der Waals surface area contributed by atoms with Crippen LogP contribution >= 0.6 is 28.3 Å². The van der Waals surface area contributed by atoms with E-state index >= 15 is 0 Å². The summed E-state index contributed by atoms with van der Waals surface area (Å²) in [4.78, 5) is 0. The van der Waals surface area contributed by atoms with Crippen LogP contribution in [0.25, 0.3) is 0 Å². The van der Waals surface area contributed by atoms with Crippen LogP contribution in [0.4, 0.5) is 0 Å². The largest absolute Gasteiger partial charge is 0.493 e. The van der Waals surface area contributed by atoms with E-state index in [0.29, 0.717) is 23.7 Å². The summed E-state index contributed by atoms with van der Waals surface area (Å²) >= 11 is 3.39. The number of amidine groups is 1. The van der Waals surface area contributed by atoms with Gasteiger partial charge in [-0.05, 0) is 29.8 Å². The molecule has 112 valence electrons. The Hall–Kier alpha value is -1.72. The van der Waals surface area contributed by atoms with Crippen LogP contribution in [-0.4, -0.2) is 12.9 Å². The number of halogens is 2. The van der Waals surface area contributed by atoms with Crippen LogP contribution in [0.5, 0.6) is 11.5 Å². The molecule has 0 heterocycles. The SMILES string of the molecule is COc1cccc(C(=N)N)c1OCc1ccc(Br)cc1.Cl. The highest BCUT2D eigenvalue weighted by molar-refractivity contribution is 9.10. The average Bonchev–Trinajstić information content (AvgIpc) is 2.46. The Balaban J connectivity index is 0.00000220. The van der Waals surface area contributed by atoms with Gasteiger partial charge in [-0.3, -0.25) is 5.41 Å². The number of ether oxygens (including phenoxy) is 2. The van der Waals surface area contributed by atoms with E-state index in [1.807, 2.05) is 24.3 Å². The molecule has 0 aliphatic rings. The van der Waals surface area contributed by atoms with Crippen molar-refractivity contribution in [1.82, 2.24) is 0 Å². The fourth-order valence-corrected chi connectivity index (χ4v) is 2.04. The van der Waals surface area contributed by atoms with E-state index in [0.717, 1.165) is 10.0 Å². The van der Waals surface area contributed by atoms with Crippen molar-refractivity contribution >= 4 is 34.2 Å². The topological polar surface area (TPSA) is 68.3 Å². The fourth-order valence-electron chi connectivity index (χ4n) is 1.77. The zero-order chi connectivity index (χ0) is 14.5. The second kappa shape index (κ2) is 7.90. The Morgan fingerprint density at radius 3 is 2.43 bits per heavy atom. The molecule has 0 unspecified atom stereocenters. The summed E-state index contributed by atoms with van der Waals surface area (Å²) in [7, 11) is 1.56. The van der Waals surface area contributed by atoms with Crippen molar-refractivity contribution in [3.63, 3.8) is 0 Å². The van der Waals surface area contributed by atoms with Gasteiger partial charge in [-0.2, -0.15) is 0 Å². The van der Waals surface area contributed by atoms with Gasteiger partial charge in [0.05, 0.1) is 12.7 Å². The minimum absolute atomic E-state index is 0. The van der Waals surface area contributed by atoms with Crippen molar-refractivity contribution < 1.29 is 9.47 Å². The maximum absolute atomic E-state index is 7.60. The first kappa shape index (κ1) is 17.3. The summed E-state index contributed by atoms with van der Waals surface area (Å²) in [5.74, 6) is 1.01. The maximum Gasteiger partial charge on any atom is 0.172 e. The van der Waals surface area contributed by atoms with Gasteiger partial charge in [0, 0.05) is 4.47 Å². The van der Waals surface area contributed by atoms with Crippen LogP contribution in [-0.2, 0) is 6.61 Å². The molecule has 21 heavy (non-hydrogen) atoms. The zero-order valence-corrected chi connectivity index (χ0v) is 13.8. The smallest absolute Gasteiger partial charge is 0.172 e. The fraction of sp³-hybridized carbons (Fsp3) is 0.133. The summed E-state index contributed by atoms with van der Waals surface area (Å²) in [6.07, 6.45) is 0. The van der Waals surface area contributed by atoms with Gasteiger partial charge in [-0.1, -0.05) is 34.1 Å². The molecular formula is C15H16BrClN2O2. The lowest BCUT2D eigenvalue weighted by molar-refractivity contribution is 0.284. The molecule has 0 atom stereocenters. The summed E-state index contributed by atoms with van der Waals surface area (Å²) in [5, 5.41) is 7.60. The van der Waals surface area contributed by atoms with E-state index in [1.165, 1.54) is 0 Å². The normalized spacial score (nSPS) is 9.62. The number of hydrogen-bond acceptors (Lipinski definition) is 3. The number of nitrogens with two attached hydrogens (primary N) is 1. The van der Waals surface area contributed by atoms with Gasteiger partial charge in [0.15, 0.2) is 11.5 Å². The van der Waals surface area contributed by atoms with Crippen molar-refractivity contribution in [2.24, 2.45) is 5.73 Å². The highest BCUT2D eigenvalue weighted by atomic mass is 79.9. The molecule has 3 N–H and O–H groups in total. The van der Waals surface area contributed by atoms with Crippen molar-refractivity contribution in [2.75, 3.05) is 7.11 Å². The molecule has 2 aromatic rings. The van der Waals surface area contributed by atoms with E-state index in [1.54, 1.807) is 25.3 Å². The summed E-state index contributed by atoms with van der Waals surface area (Å²) in [5.41, 5.74) is 7.12. The molecule has 0 fully saturated rings. The number of nitrogens with one attached hydrogen (secondary N) is 1. The summed E-state index contributed by atoms with van der Waals surface area (Å²) < 4.78 is 12.1. The van der Waals surface area contributed by atoms with Gasteiger partial charge < -0.3 is 15.2 Å². The van der Waals surface area contributed by atoms with Crippen molar-refractivity contribution in [1.29, 1.82) is 5.41 Å². The molecule has 0 saturated carbocycles. The standard InChI is InChI=1S/C15H15BrN2O2.ClH/c1-19-13-4-2-3-12(15(17)18)14(13)20-9-10-5-7-11(16)8-6-10;/h2-8H,9H2,1H3,(H3,17,18);1H. The lowest BCUT2D eigenvalue weighted by atomic mass is 10.1. The second-order valence-corrected chi connectivity index (χ2v) is 5.08. The monoisotopic (exact) mass is 370 g/mol. The Labute approximate surface area is 138 Å². The Kier molecular flexibility index (Phi) is 6.52. The molecule has 0 saturated heterocycles. The van der Waals surface area contributed by atoms with E-state index in [9.17, 15) is 0 Å². The average molecular weight is 372 g/mol. The first-order valence-electron chi connectivity index (χ1n) is 6.00. The molecule has 6 heteroatoms. The maximum atomic E-state index is 7.60. The lowest BCUT2D eigenvalue weighted by Crippen LogP contribution is -2.13. The Bertz CT molecular complexity index is 618. The quantitative estimate of drug-likeness (QED) is 0.621. The van der Waals surface area contributed by atoms with Crippen LogP contribution in [0.2, 0.25) is 0 Å². The summed E-state index contributed by atoms with van der Waals surface area (Å²) in [6, 6.07) is 13.1. The third-order valence-electron chi connectivity index (χ3n) is 2.79. The van der Waals surface area contributed by atoms with E-state index < -0.39 is 0 Å². The molecular weight excluding hydrogens is 356 g/mol. The van der Waals surface area contributed by atoms with Crippen LogP contribution in [0.15, 0.2) is 46.9 Å². The van der Waals surface area contributed by atoms with Crippen molar-refractivity contribution in [3.8, 4) is 11.5 Å². The van der Waals surface area contributed by atoms with Gasteiger partial charge in [0.25, 0.3) is 0 Å². The number of benzene rings is 2. The molecule has 0 aliphatic carbocycles. The minimum Gasteiger partial charge on any atom is -0.493 e. The predicted molar refractivity (Wildman–Crippen MR) is 89.7 cm³/mol. The van der Waals surface area contributed by atoms with Crippen LogP contribution in [0, 0.1) is 5.41 Å². The van der Waals surface area contributed by atoms with Gasteiger partial charge in [-0.15, -0.1) is 12.4 Å². The molecule has 0 aromatic heterocycles. The predicted octanol–water partition coefficient (Wildman–Crippen LogP) is 3.74. The first-order chi connectivity index (χ1) is 9.61. The summed E-state index contributed by atoms with van der Waals surface area (Å²) in [6.45, 7) is 0.383. The van der Waals surface area contributed by atoms with Crippen molar-refractivity contribution in [2.45, 2.75) is 6.61 Å². The van der Waals surface area contributed by atoms with Crippen LogP contribution in [0.1, 0.15) is 11.1 Å². The third-order valence-corrected chi connectivity index (χ3v) is 3.31. The molecule has 2 aromatic carbocycles. The highest BCUT2D eigenvalue weighted by Crippen LogP contribution is 2.31. The number of rotatable bonds is 5. The first-order valence-corrected chi connectivity index (χ1v) is 6.79. The minimum atomic E-state index is -0.0466. The van der Waals surface area contributed by atoms with Gasteiger partial charge in [-0.25, -0.2) is 0 Å². The molecule has 0 radical (unpaired) electrons. The molecule has 0 amide bonds. The number of nitrogen functional groups attached to an aromatic ring is 1. The Morgan fingerprint density at radius 2 is 1.86 bits per heavy atom. The molecule has 0 aliphatic heterocycles. The van der Waals surface area contributed by atoms with Crippen LogP contribution in [0.3, 0.4) is 0 Å². The van der Waals surface area contributed by atoms with Gasteiger partial charge in [0.1, 0.15) is 12.4 Å². The Morgan fingerprint density at radius 1 is 1.19 bits per heavy atom. The van der Waals surface area contributed by atoms with E-state index in [4.69, 9.17) is 20.6 Å². The lowest BCUT2D eigenvalue weighted by Gasteiger charge is -2.14. The van der Waals surface area contributed by atoms with Gasteiger partial charge >= 0.3 is 0 Å². The van der Waals surface area contributed by atoms with Crippen molar-refractivity contribution in [3.05, 3.63) is 58.1 Å². The van der Waals surface area contributed by atoms with E-state index in [2.05, 4.69) is 15.9 Å². The number of hydrogen-bond donors (Lipinski definition) is 2.